The smallest absolute Gasteiger partial charge is 0.303 e. The summed E-state index contributed by atoms with van der Waals surface area (Å²) in [5, 5.41) is 51.3. The summed E-state index contributed by atoms with van der Waals surface area (Å²) < 4.78 is 6.02. The number of pyridine rings is 1. The first-order valence-electron chi connectivity index (χ1n) is 13.4. The molecular weight excluding hydrogens is 512 g/mol. The van der Waals surface area contributed by atoms with E-state index in [1.54, 1.807) is 36.5 Å². The van der Waals surface area contributed by atoms with E-state index in [1.807, 2.05) is 12.1 Å². The van der Waals surface area contributed by atoms with Crippen molar-refractivity contribution in [3.8, 4) is 11.5 Å². The van der Waals surface area contributed by atoms with Gasteiger partial charge in [-0.3, -0.25) is 9.78 Å². The molecule has 210 valence electrons. The minimum absolute atomic E-state index is 0.0876. The minimum atomic E-state index is -2.01. The molecule has 40 heavy (non-hydrogen) atoms. The highest BCUT2D eigenvalue weighted by Crippen LogP contribution is 2.41. The maximum absolute atomic E-state index is 11.7. The Labute approximate surface area is 232 Å². The third-order valence-electron chi connectivity index (χ3n) is 7.91. The first kappa shape index (κ1) is 27.8. The predicted molar refractivity (Wildman–Crippen MR) is 147 cm³/mol. The van der Waals surface area contributed by atoms with Crippen molar-refractivity contribution in [1.29, 1.82) is 0 Å². The van der Waals surface area contributed by atoms with E-state index in [0.717, 1.165) is 22.4 Å². The molecule has 3 heterocycles. The molecule has 2 unspecified atom stereocenters. The van der Waals surface area contributed by atoms with Crippen molar-refractivity contribution in [3.63, 3.8) is 0 Å². The number of fused-ring (bicyclic) bond motifs is 2. The van der Waals surface area contributed by atoms with Gasteiger partial charge in [0, 0.05) is 48.4 Å². The Kier molecular flexibility index (Phi) is 7.65. The molecular formula is C31H34N2O7. The summed E-state index contributed by atoms with van der Waals surface area (Å²) in [4.78, 5) is 18.4. The lowest BCUT2D eigenvalue weighted by atomic mass is 9.74. The zero-order valence-electron chi connectivity index (χ0n) is 22.3. The standard InChI is InChI=1S/C31H34N2O7/c1-30(37,38)21-8-11-28-26(16-21)24(25-4-2-13-32-27(25)19-40-28)5-3-14-33-15-12-31(39,22(18-33)17-29(35)36)20-6-9-23(34)10-7-20/h2,4-11,13,16,22,34,37-39H,3,12,14-15,17-19H2,1H3,(H,35,36)/b24-5+. The maximum Gasteiger partial charge on any atom is 0.303 e. The molecule has 2 atom stereocenters. The van der Waals surface area contributed by atoms with Gasteiger partial charge in [0.2, 0.25) is 0 Å². The van der Waals surface area contributed by atoms with Crippen LogP contribution in [0.2, 0.25) is 0 Å². The van der Waals surface area contributed by atoms with Gasteiger partial charge in [-0.25, -0.2) is 0 Å². The monoisotopic (exact) mass is 546 g/mol. The molecule has 9 heteroatoms. The third kappa shape index (κ3) is 5.73. The lowest BCUT2D eigenvalue weighted by Gasteiger charge is -2.44. The summed E-state index contributed by atoms with van der Waals surface area (Å²) in [5.41, 5.74) is 2.94. The largest absolute Gasteiger partial charge is 0.508 e. The van der Waals surface area contributed by atoms with Crippen molar-refractivity contribution < 1.29 is 35.1 Å². The van der Waals surface area contributed by atoms with Crippen molar-refractivity contribution in [3.05, 3.63) is 94.8 Å². The van der Waals surface area contributed by atoms with Crippen LogP contribution in [0.15, 0.2) is 66.9 Å². The Hall–Kier alpha value is -3.76. The van der Waals surface area contributed by atoms with Crippen LogP contribution in [0.5, 0.6) is 11.5 Å². The van der Waals surface area contributed by atoms with Crippen LogP contribution in [0.25, 0.3) is 5.57 Å². The number of ether oxygens (including phenoxy) is 1. The minimum Gasteiger partial charge on any atom is -0.508 e. The second-order valence-corrected chi connectivity index (χ2v) is 10.7. The highest BCUT2D eigenvalue weighted by molar-refractivity contribution is 5.84. The first-order valence-corrected chi connectivity index (χ1v) is 13.4. The number of hydrogen-bond acceptors (Lipinski definition) is 8. The molecule has 5 N–H and O–H groups in total. The van der Waals surface area contributed by atoms with E-state index in [9.17, 15) is 30.3 Å². The van der Waals surface area contributed by atoms with Crippen molar-refractivity contribution in [1.82, 2.24) is 9.88 Å². The third-order valence-corrected chi connectivity index (χ3v) is 7.91. The predicted octanol–water partition coefficient (Wildman–Crippen LogP) is 3.34. The molecule has 1 fully saturated rings. The lowest BCUT2D eigenvalue weighted by Crippen LogP contribution is -2.50. The number of phenols is 1. The van der Waals surface area contributed by atoms with E-state index in [0.29, 0.717) is 49.4 Å². The Morgan fingerprint density at radius 2 is 1.95 bits per heavy atom. The van der Waals surface area contributed by atoms with E-state index in [-0.39, 0.29) is 18.8 Å². The van der Waals surface area contributed by atoms with Gasteiger partial charge >= 0.3 is 5.97 Å². The van der Waals surface area contributed by atoms with Gasteiger partial charge in [-0.15, -0.1) is 0 Å². The van der Waals surface area contributed by atoms with Crippen LogP contribution in [0.1, 0.15) is 54.1 Å². The number of rotatable bonds is 7. The molecule has 5 rings (SSSR count). The molecule has 0 spiro atoms. The summed E-state index contributed by atoms with van der Waals surface area (Å²) in [6.07, 6.45) is 4.61. The second kappa shape index (κ2) is 11.0. The van der Waals surface area contributed by atoms with Crippen LogP contribution < -0.4 is 4.74 Å². The van der Waals surface area contributed by atoms with E-state index >= 15 is 0 Å². The lowest BCUT2D eigenvalue weighted by molar-refractivity contribution is -0.152. The molecule has 0 aliphatic carbocycles. The molecule has 3 aromatic rings. The number of aliphatic hydroxyl groups is 3. The number of piperidine rings is 1. The molecule has 2 aromatic carbocycles. The Bertz CT molecular complexity index is 1410. The number of likely N-dealkylation sites (tertiary alicyclic amines) is 1. The summed E-state index contributed by atoms with van der Waals surface area (Å²) in [7, 11) is 0. The van der Waals surface area contributed by atoms with Gasteiger partial charge in [0.15, 0.2) is 5.79 Å². The van der Waals surface area contributed by atoms with E-state index in [1.165, 1.54) is 19.1 Å². The molecule has 0 radical (unpaired) electrons. The first-order chi connectivity index (χ1) is 19.0. The Morgan fingerprint density at radius 3 is 2.67 bits per heavy atom. The van der Waals surface area contributed by atoms with E-state index in [2.05, 4.69) is 16.0 Å². The van der Waals surface area contributed by atoms with Gasteiger partial charge in [-0.1, -0.05) is 24.3 Å². The summed E-state index contributed by atoms with van der Waals surface area (Å²) in [6, 6.07) is 15.2. The normalized spacial score (nSPS) is 22.2. The molecule has 2 aliphatic rings. The number of carboxylic acids is 1. The molecule has 0 amide bonds. The molecule has 9 nitrogen and oxygen atoms in total. The van der Waals surface area contributed by atoms with Crippen molar-refractivity contribution in [2.24, 2.45) is 5.92 Å². The van der Waals surface area contributed by atoms with Crippen LogP contribution in [-0.4, -0.2) is 61.0 Å². The number of aromatic hydroxyl groups is 1. The zero-order chi connectivity index (χ0) is 28.5. The number of phenolic OH excluding ortho intramolecular Hbond substituents is 1. The van der Waals surface area contributed by atoms with Crippen LogP contribution in [0.3, 0.4) is 0 Å². The Balaban J connectivity index is 1.40. The molecule has 2 aliphatic heterocycles. The number of aromatic nitrogens is 1. The van der Waals surface area contributed by atoms with Gasteiger partial charge in [0.1, 0.15) is 18.1 Å². The van der Waals surface area contributed by atoms with E-state index < -0.39 is 23.3 Å². The molecule has 0 saturated carbocycles. The highest BCUT2D eigenvalue weighted by atomic mass is 16.5. The van der Waals surface area contributed by atoms with E-state index in [4.69, 9.17) is 4.74 Å². The zero-order valence-corrected chi connectivity index (χ0v) is 22.3. The number of benzene rings is 2. The molecule has 1 aromatic heterocycles. The van der Waals surface area contributed by atoms with Crippen LogP contribution in [0.4, 0.5) is 0 Å². The Morgan fingerprint density at radius 1 is 1.18 bits per heavy atom. The maximum atomic E-state index is 11.7. The number of carboxylic acid groups (broad SMARTS) is 1. The summed E-state index contributed by atoms with van der Waals surface area (Å²) in [5.74, 6) is -2.80. The van der Waals surface area contributed by atoms with Gasteiger partial charge in [0.05, 0.1) is 17.7 Å². The average Bonchev–Trinajstić information content (AvgIpc) is 3.07. The summed E-state index contributed by atoms with van der Waals surface area (Å²) >= 11 is 0. The van der Waals surface area contributed by atoms with Crippen molar-refractivity contribution >= 4 is 11.5 Å². The number of nitrogens with zero attached hydrogens (tertiary/aromatic N) is 2. The quantitative estimate of drug-likeness (QED) is 0.282. The fourth-order valence-electron chi connectivity index (χ4n) is 5.73. The van der Waals surface area contributed by atoms with Crippen molar-refractivity contribution in [2.45, 2.75) is 44.2 Å². The second-order valence-electron chi connectivity index (χ2n) is 10.7. The van der Waals surface area contributed by atoms with Crippen LogP contribution >= 0.6 is 0 Å². The van der Waals surface area contributed by atoms with Gasteiger partial charge < -0.3 is 35.2 Å². The van der Waals surface area contributed by atoms with Crippen molar-refractivity contribution in [2.75, 3.05) is 19.6 Å². The van der Waals surface area contributed by atoms with Crippen LogP contribution in [0, 0.1) is 5.92 Å². The average molecular weight is 547 g/mol. The topological polar surface area (TPSA) is 144 Å². The molecule has 1 saturated heterocycles. The SMILES string of the molecule is CC(O)(O)c1ccc2c(c1)/C(=C/CCN1CCC(O)(c3ccc(O)cc3)C(CC(=O)O)C1)c1cccnc1CO2. The fraction of sp³-hybridized carbons (Fsp3) is 0.355. The number of carbonyl (C=O) groups is 1. The van der Waals surface area contributed by atoms with Gasteiger partial charge in [0.25, 0.3) is 0 Å². The summed E-state index contributed by atoms with van der Waals surface area (Å²) in [6.45, 7) is 3.21. The molecule has 0 bridgehead atoms. The van der Waals surface area contributed by atoms with Crippen LogP contribution in [-0.2, 0) is 22.8 Å². The fourth-order valence-corrected chi connectivity index (χ4v) is 5.73. The van der Waals surface area contributed by atoms with Gasteiger partial charge in [-0.2, -0.15) is 0 Å². The number of aliphatic carboxylic acids is 1. The highest BCUT2D eigenvalue weighted by Gasteiger charge is 2.43. The van der Waals surface area contributed by atoms with Gasteiger partial charge in [-0.05, 0) is 67.3 Å². The number of hydrogen-bond donors (Lipinski definition) is 5.